The molecule has 0 saturated carbocycles. The molecule has 1 aromatic heterocycles. The quantitative estimate of drug-likeness (QED) is 0.811. The number of hydrogen-bond acceptors (Lipinski definition) is 2. The summed E-state index contributed by atoms with van der Waals surface area (Å²) >= 11 is 0. The summed E-state index contributed by atoms with van der Waals surface area (Å²) in [6.07, 6.45) is 1.26. The lowest BCUT2D eigenvalue weighted by molar-refractivity contribution is 0.0697. The van der Waals surface area contributed by atoms with E-state index in [-0.39, 0.29) is 5.56 Å². The van der Waals surface area contributed by atoms with Gasteiger partial charge < -0.3 is 14.8 Å². The molecule has 0 aliphatic rings. The van der Waals surface area contributed by atoms with Gasteiger partial charge in [0.05, 0.1) is 11.7 Å². The normalized spacial score (nSPS) is 12.9. The van der Waals surface area contributed by atoms with Gasteiger partial charge in [0.15, 0.2) is 0 Å². The Morgan fingerprint density at radius 3 is 2.69 bits per heavy atom. The molecule has 1 heterocycles. The number of fused-ring (bicyclic) bond motifs is 1. The molecule has 84 valence electrons. The molecular weight excluding hydrogens is 206 g/mol. The van der Waals surface area contributed by atoms with Crippen LogP contribution in [0.1, 0.15) is 28.9 Å². The molecule has 0 fully saturated rings. The third-order valence-electron chi connectivity index (χ3n) is 2.72. The molecule has 0 radical (unpaired) electrons. The number of carboxylic acids is 1. The van der Waals surface area contributed by atoms with Crippen molar-refractivity contribution in [2.24, 2.45) is 7.05 Å². The predicted molar refractivity (Wildman–Crippen MR) is 60.5 cm³/mol. The van der Waals surface area contributed by atoms with E-state index in [0.29, 0.717) is 0 Å². The van der Waals surface area contributed by atoms with Gasteiger partial charge in [-0.2, -0.15) is 0 Å². The monoisotopic (exact) mass is 219 g/mol. The Bertz CT molecular complexity index is 555. The number of aliphatic hydroxyl groups excluding tert-OH is 1. The molecule has 2 aromatic rings. The van der Waals surface area contributed by atoms with Crippen LogP contribution in [0.3, 0.4) is 0 Å². The lowest BCUT2D eigenvalue weighted by Gasteiger charge is -2.01. The smallest absolute Gasteiger partial charge is 0.335 e. The van der Waals surface area contributed by atoms with Gasteiger partial charge in [-0.1, -0.05) is 6.07 Å². The summed E-state index contributed by atoms with van der Waals surface area (Å²) in [7, 11) is 1.83. The van der Waals surface area contributed by atoms with Gasteiger partial charge in [-0.15, -0.1) is 0 Å². The van der Waals surface area contributed by atoms with Crippen molar-refractivity contribution in [3.63, 3.8) is 0 Å². The van der Waals surface area contributed by atoms with Crippen molar-refractivity contribution in [2.75, 3.05) is 0 Å². The van der Waals surface area contributed by atoms with E-state index in [1.54, 1.807) is 25.1 Å². The highest BCUT2D eigenvalue weighted by molar-refractivity contribution is 5.94. The fourth-order valence-corrected chi connectivity index (χ4v) is 1.88. The van der Waals surface area contributed by atoms with Crippen molar-refractivity contribution in [3.8, 4) is 0 Å². The van der Waals surface area contributed by atoms with Gasteiger partial charge in [-0.05, 0) is 19.1 Å². The van der Waals surface area contributed by atoms with Crippen molar-refractivity contribution >= 4 is 16.9 Å². The number of carbonyl (C=O) groups is 1. The van der Waals surface area contributed by atoms with E-state index in [0.717, 1.165) is 16.5 Å². The van der Waals surface area contributed by atoms with Crippen molar-refractivity contribution in [3.05, 3.63) is 35.5 Å². The highest BCUT2D eigenvalue weighted by atomic mass is 16.4. The topological polar surface area (TPSA) is 62.5 Å². The summed E-state index contributed by atoms with van der Waals surface area (Å²) in [5.74, 6) is -0.943. The number of nitrogens with zero attached hydrogens (tertiary/aromatic N) is 1. The van der Waals surface area contributed by atoms with Crippen LogP contribution < -0.4 is 0 Å². The summed E-state index contributed by atoms with van der Waals surface area (Å²) < 4.78 is 1.82. The van der Waals surface area contributed by atoms with E-state index in [1.807, 2.05) is 17.8 Å². The first-order chi connectivity index (χ1) is 7.50. The Morgan fingerprint density at radius 1 is 1.44 bits per heavy atom. The Balaban J connectivity index is 2.71. The lowest BCUT2D eigenvalue weighted by atomic mass is 10.1. The summed E-state index contributed by atoms with van der Waals surface area (Å²) in [6, 6.07) is 4.90. The number of aromatic nitrogens is 1. The minimum absolute atomic E-state index is 0.255. The van der Waals surface area contributed by atoms with E-state index in [1.165, 1.54) is 0 Å². The standard InChI is InChI=1S/C12H13NO3/c1-7(14)10-6-13(2)11-5-8(12(15)16)3-4-9(10)11/h3-7,14H,1-2H3,(H,15,16). The highest BCUT2D eigenvalue weighted by Gasteiger charge is 2.12. The average molecular weight is 219 g/mol. The van der Waals surface area contributed by atoms with E-state index in [2.05, 4.69) is 0 Å². The second-order valence-corrected chi connectivity index (χ2v) is 3.91. The fraction of sp³-hybridized carbons (Fsp3) is 0.250. The molecule has 0 bridgehead atoms. The molecule has 16 heavy (non-hydrogen) atoms. The first-order valence-electron chi connectivity index (χ1n) is 5.01. The van der Waals surface area contributed by atoms with Crippen molar-refractivity contribution < 1.29 is 15.0 Å². The minimum atomic E-state index is -0.943. The number of benzene rings is 1. The van der Waals surface area contributed by atoms with Crippen molar-refractivity contribution in [1.29, 1.82) is 0 Å². The van der Waals surface area contributed by atoms with E-state index in [4.69, 9.17) is 5.11 Å². The van der Waals surface area contributed by atoms with Gasteiger partial charge in [0, 0.05) is 29.7 Å². The molecule has 0 saturated heterocycles. The van der Waals surface area contributed by atoms with Gasteiger partial charge in [0.1, 0.15) is 0 Å². The Kier molecular flexibility index (Phi) is 2.44. The lowest BCUT2D eigenvalue weighted by Crippen LogP contribution is -1.96. The molecule has 4 heteroatoms. The first kappa shape index (κ1) is 10.7. The molecular formula is C12H13NO3. The number of carboxylic acid groups (broad SMARTS) is 1. The van der Waals surface area contributed by atoms with Crippen LogP contribution in [0, 0.1) is 0 Å². The van der Waals surface area contributed by atoms with E-state index in [9.17, 15) is 9.90 Å². The van der Waals surface area contributed by atoms with Crippen LogP contribution in [0.2, 0.25) is 0 Å². The van der Waals surface area contributed by atoms with E-state index < -0.39 is 12.1 Å². The summed E-state index contributed by atoms with van der Waals surface area (Å²) in [5, 5.41) is 19.4. The summed E-state index contributed by atoms with van der Waals surface area (Å²) in [5.41, 5.74) is 1.89. The molecule has 1 aromatic carbocycles. The van der Waals surface area contributed by atoms with E-state index >= 15 is 0 Å². The zero-order valence-electron chi connectivity index (χ0n) is 9.14. The molecule has 2 N–H and O–H groups in total. The largest absolute Gasteiger partial charge is 0.478 e. The SMILES string of the molecule is CC(O)c1cn(C)c2cc(C(=O)O)ccc12. The summed E-state index contributed by atoms with van der Waals surface area (Å²) in [4.78, 5) is 10.8. The zero-order chi connectivity index (χ0) is 11.9. The van der Waals surface area contributed by atoms with Gasteiger partial charge >= 0.3 is 5.97 Å². The van der Waals surface area contributed by atoms with Crippen LogP contribution in [0.4, 0.5) is 0 Å². The van der Waals surface area contributed by atoms with Crippen LogP contribution >= 0.6 is 0 Å². The van der Waals surface area contributed by atoms with Crippen LogP contribution in [-0.2, 0) is 7.05 Å². The highest BCUT2D eigenvalue weighted by Crippen LogP contribution is 2.26. The van der Waals surface area contributed by atoms with Gasteiger partial charge in [0.2, 0.25) is 0 Å². The van der Waals surface area contributed by atoms with Crippen molar-refractivity contribution in [1.82, 2.24) is 4.57 Å². The maximum Gasteiger partial charge on any atom is 0.335 e. The van der Waals surface area contributed by atoms with Gasteiger partial charge in [-0.25, -0.2) is 4.79 Å². The number of aromatic carboxylic acids is 1. The van der Waals surface area contributed by atoms with Gasteiger partial charge in [-0.3, -0.25) is 0 Å². The third-order valence-corrected chi connectivity index (χ3v) is 2.72. The van der Waals surface area contributed by atoms with Crippen LogP contribution in [0.15, 0.2) is 24.4 Å². The molecule has 1 unspecified atom stereocenters. The average Bonchev–Trinajstić information content (AvgIpc) is 2.56. The van der Waals surface area contributed by atoms with Crippen LogP contribution in [0.25, 0.3) is 10.9 Å². The second kappa shape index (κ2) is 3.64. The number of aliphatic hydroxyl groups is 1. The van der Waals surface area contributed by atoms with Crippen LogP contribution in [-0.4, -0.2) is 20.7 Å². The fourth-order valence-electron chi connectivity index (χ4n) is 1.88. The first-order valence-corrected chi connectivity index (χ1v) is 5.01. The molecule has 2 rings (SSSR count). The zero-order valence-corrected chi connectivity index (χ0v) is 9.14. The Labute approximate surface area is 92.7 Å². The molecule has 0 aliphatic heterocycles. The molecule has 1 atom stereocenters. The predicted octanol–water partition coefficient (Wildman–Crippen LogP) is 1.93. The maximum absolute atomic E-state index is 10.8. The number of hydrogen-bond donors (Lipinski definition) is 2. The number of aryl methyl sites for hydroxylation is 1. The van der Waals surface area contributed by atoms with Crippen LogP contribution in [0.5, 0.6) is 0 Å². The minimum Gasteiger partial charge on any atom is -0.478 e. The molecule has 0 aliphatic carbocycles. The summed E-state index contributed by atoms with van der Waals surface area (Å²) in [6.45, 7) is 1.69. The Hall–Kier alpha value is -1.81. The Morgan fingerprint density at radius 2 is 2.12 bits per heavy atom. The second-order valence-electron chi connectivity index (χ2n) is 3.91. The molecule has 0 spiro atoms. The third kappa shape index (κ3) is 1.57. The maximum atomic E-state index is 10.8. The molecule has 0 amide bonds. The number of rotatable bonds is 2. The van der Waals surface area contributed by atoms with Gasteiger partial charge in [0.25, 0.3) is 0 Å². The molecule has 4 nitrogen and oxygen atoms in total. The van der Waals surface area contributed by atoms with Crippen molar-refractivity contribution in [2.45, 2.75) is 13.0 Å².